The molecule has 1 saturated heterocycles. The highest BCUT2D eigenvalue weighted by Gasteiger charge is 2.46. The van der Waals surface area contributed by atoms with Crippen LogP contribution in [0.1, 0.15) is 41.8 Å². The SMILES string of the molecule is C[C@H]1C[C@@]2(C[C@@H](c3cccc(NS(C)(=O)=O)c3)N1)OCCc1cc(Cl)sc12. The number of benzene rings is 1. The van der Waals surface area contributed by atoms with Crippen molar-refractivity contribution in [2.75, 3.05) is 17.6 Å². The topological polar surface area (TPSA) is 67.4 Å². The Labute approximate surface area is 169 Å². The summed E-state index contributed by atoms with van der Waals surface area (Å²) in [5.74, 6) is 0. The van der Waals surface area contributed by atoms with Gasteiger partial charge < -0.3 is 10.1 Å². The molecule has 3 atom stereocenters. The van der Waals surface area contributed by atoms with E-state index in [-0.39, 0.29) is 17.7 Å². The highest BCUT2D eigenvalue weighted by molar-refractivity contribution is 7.92. The van der Waals surface area contributed by atoms with Crippen molar-refractivity contribution < 1.29 is 13.2 Å². The van der Waals surface area contributed by atoms with Crippen LogP contribution in [0, 0.1) is 0 Å². The summed E-state index contributed by atoms with van der Waals surface area (Å²) in [5, 5.41) is 3.65. The van der Waals surface area contributed by atoms with Crippen LogP contribution in [-0.2, 0) is 26.8 Å². The van der Waals surface area contributed by atoms with Gasteiger partial charge in [-0.1, -0.05) is 23.7 Å². The van der Waals surface area contributed by atoms with E-state index in [2.05, 4.69) is 23.0 Å². The number of anilines is 1. The minimum Gasteiger partial charge on any atom is -0.369 e. The van der Waals surface area contributed by atoms with Crippen molar-refractivity contribution in [1.82, 2.24) is 5.32 Å². The van der Waals surface area contributed by atoms with Crippen LogP contribution in [-0.4, -0.2) is 27.3 Å². The molecule has 0 unspecified atom stereocenters. The molecule has 1 aromatic carbocycles. The number of ether oxygens (including phenoxy) is 1. The Balaban J connectivity index is 1.67. The van der Waals surface area contributed by atoms with Gasteiger partial charge in [0, 0.05) is 29.1 Å². The summed E-state index contributed by atoms with van der Waals surface area (Å²) in [6.45, 7) is 2.87. The number of hydrogen-bond acceptors (Lipinski definition) is 5. The second-order valence-electron chi connectivity index (χ2n) is 7.53. The van der Waals surface area contributed by atoms with Crippen LogP contribution in [0.5, 0.6) is 0 Å². The maximum absolute atomic E-state index is 11.6. The molecule has 2 aliphatic rings. The Morgan fingerprint density at radius 1 is 1.33 bits per heavy atom. The molecular formula is C19H23ClN2O3S2. The average molecular weight is 427 g/mol. The molecule has 4 rings (SSSR count). The van der Waals surface area contributed by atoms with E-state index >= 15 is 0 Å². The molecule has 3 heterocycles. The van der Waals surface area contributed by atoms with E-state index < -0.39 is 10.0 Å². The first-order valence-electron chi connectivity index (χ1n) is 9.00. The van der Waals surface area contributed by atoms with Gasteiger partial charge in [-0.15, -0.1) is 11.3 Å². The lowest BCUT2D eigenvalue weighted by molar-refractivity contribution is -0.0954. The number of hydrogen-bond donors (Lipinski definition) is 2. The predicted molar refractivity (Wildman–Crippen MR) is 110 cm³/mol. The summed E-state index contributed by atoms with van der Waals surface area (Å²) in [4.78, 5) is 1.25. The van der Waals surface area contributed by atoms with Gasteiger partial charge in [0.2, 0.25) is 10.0 Å². The van der Waals surface area contributed by atoms with Gasteiger partial charge in [0.25, 0.3) is 0 Å². The van der Waals surface area contributed by atoms with Crippen LogP contribution in [0.2, 0.25) is 4.34 Å². The third-order valence-electron chi connectivity index (χ3n) is 5.19. The molecule has 2 aliphatic heterocycles. The maximum Gasteiger partial charge on any atom is 0.229 e. The summed E-state index contributed by atoms with van der Waals surface area (Å²) in [6.07, 6.45) is 3.76. The number of fused-ring (bicyclic) bond motifs is 2. The molecule has 1 aromatic heterocycles. The van der Waals surface area contributed by atoms with Gasteiger partial charge >= 0.3 is 0 Å². The van der Waals surface area contributed by atoms with Crippen LogP contribution < -0.4 is 10.0 Å². The summed E-state index contributed by atoms with van der Waals surface area (Å²) in [7, 11) is -3.31. The Kier molecular flexibility index (Phi) is 5.01. The van der Waals surface area contributed by atoms with Crippen molar-refractivity contribution in [1.29, 1.82) is 0 Å². The third-order valence-corrected chi connectivity index (χ3v) is 7.29. The van der Waals surface area contributed by atoms with E-state index in [0.29, 0.717) is 12.3 Å². The minimum atomic E-state index is -3.31. The molecule has 8 heteroatoms. The van der Waals surface area contributed by atoms with Gasteiger partial charge in [0.05, 0.1) is 17.2 Å². The molecule has 0 bridgehead atoms. The first-order chi connectivity index (χ1) is 12.7. The zero-order valence-corrected chi connectivity index (χ0v) is 17.7. The van der Waals surface area contributed by atoms with Gasteiger partial charge in [0.15, 0.2) is 0 Å². The van der Waals surface area contributed by atoms with E-state index in [1.807, 2.05) is 18.2 Å². The summed E-state index contributed by atoms with van der Waals surface area (Å²) < 4.78 is 32.9. The van der Waals surface area contributed by atoms with Crippen molar-refractivity contribution in [3.63, 3.8) is 0 Å². The fourth-order valence-corrected chi connectivity index (χ4v) is 6.33. The monoisotopic (exact) mass is 426 g/mol. The van der Waals surface area contributed by atoms with Crippen molar-refractivity contribution in [3.8, 4) is 0 Å². The Morgan fingerprint density at radius 3 is 2.93 bits per heavy atom. The molecule has 5 nitrogen and oxygen atoms in total. The van der Waals surface area contributed by atoms with Crippen LogP contribution >= 0.6 is 22.9 Å². The molecule has 0 saturated carbocycles. The Hall–Kier alpha value is -1.12. The molecule has 1 fully saturated rings. The zero-order chi connectivity index (χ0) is 19.2. The molecule has 2 N–H and O–H groups in total. The summed E-state index contributed by atoms with van der Waals surface area (Å²) >= 11 is 7.93. The number of halogens is 1. The fraction of sp³-hybridized carbons (Fsp3) is 0.474. The van der Waals surface area contributed by atoms with Crippen LogP contribution in [0.25, 0.3) is 0 Å². The van der Waals surface area contributed by atoms with Gasteiger partial charge in [-0.05, 0) is 49.1 Å². The standard InChI is InChI=1S/C19H23ClN2O3S2/c1-12-10-19(18-14(6-7-25-19)9-17(20)26-18)11-16(21-12)13-4-3-5-15(8-13)22-27(2,23)24/h3-5,8-9,12,16,21-22H,6-7,10-11H2,1-2H3/t12-,16-,19-/m0/s1. The largest absolute Gasteiger partial charge is 0.369 e. The third kappa shape index (κ3) is 4.03. The number of thiophene rings is 1. The molecule has 0 amide bonds. The van der Waals surface area contributed by atoms with E-state index in [9.17, 15) is 8.42 Å². The summed E-state index contributed by atoms with van der Waals surface area (Å²) in [6, 6.07) is 9.98. The van der Waals surface area contributed by atoms with Gasteiger partial charge in [-0.2, -0.15) is 0 Å². The lowest BCUT2D eigenvalue weighted by Gasteiger charge is -2.46. The predicted octanol–water partition coefficient (Wildman–Crippen LogP) is 4.05. The Bertz CT molecular complexity index is 960. The van der Waals surface area contributed by atoms with E-state index in [1.54, 1.807) is 17.4 Å². The number of piperidine rings is 1. The number of sulfonamides is 1. The molecule has 146 valence electrons. The second kappa shape index (κ2) is 7.04. The lowest BCUT2D eigenvalue weighted by Crippen LogP contribution is -2.49. The van der Waals surface area contributed by atoms with Gasteiger partial charge in [0.1, 0.15) is 5.60 Å². The van der Waals surface area contributed by atoms with Crippen molar-refractivity contribution in [3.05, 3.63) is 50.7 Å². The molecule has 27 heavy (non-hydrogen) atoms. The van der Waals surface area contributed by atoms with Gasteiger partial charge in [-0.25, -0.2) is 8.42 Å². The zero-order valence-electron chi connectivity index (χ0n) is 15.3. The van der Waals surface area contributed by atoms with Crippen LogP contribution in [0.3, 0.4) is 0 Å². The van der Waals surface area contributed by atoms with Crippen molar-refractivity contribution in [2.24, 2.45) is 0 Å². The smallest absolute Gasteiger partial charge is 0.229 e. The molecule has 0 aliphatic carbocycles. The van der Waals surface area contributed by atoms with Crippen molar-refractivity contribution >= 4 is 38.6 Å². The average Bonchev–Trinajstić information content (AvgIpc) is 2.95. The maximum atomic E-state index is 11.6. The molecular weight excluding hydrogens is 404 g/mol. The van der Waals surface area contributed by atoms with Crippen LogP contribution in [0.4, 0.5) is 5.69 Å². The van der Waals surface area contributed by atoms with Crippen LogP contribution in [0.15, 0.2) is 30.3 Å². The first kappa shape index (κ1) is 19.2. The quantitative estimate of drug-likeness (QED) is 0.776. The number of nitrogens with one attached hydrogen (secondary N) is 2. The minimum absolute atomic E-state index is 0.0712. The normalized spacial score (nSPS) is 28.1. The first-order valence-corrected chi connectivity index (χ1v) is 12.1. The van der Waals surface area contributed by atoms with Gasteiger partial charge in [-0.3, -0.25) is 4.72 Å². The fourth-order valence-electron chi connectivity index (χ4n) is 4.31. The molecule has 0 radical (unpaired) electrons. The second-order valence-corrected chi connectivity index (χ2v) is 11.0. The Morgan fingerprint density at radius 2 is 2.15 bits per heavy atom. The highest BCUT2D eigenvalue weighted by Crippen LogP contribution is 2.50. The van der Waals surface area contributed by atoms with E-state index in [4.69, 9.17) is 16.3 Å². The molecule has 2 aromatic rings. The van der Waals surface area contributed by atoms with E-state index in [1.165, 1.54) is 10.4 Å². The lowest BCUT2D eigenvalue weighted by atomic mass is 9.78. The van der Waals surface area contributed by atoms with E-state index in [0.717, 1.165) is 35.4 Å². The highest BCUT2D eigenvalue weighted by atomic mass is 35.5. The van der Waals surface area contributed by atoms with Crippen molar-refractivity contribution in [2.45, 2.75) is 43.9 Å². The molecule has 1 spiro atoms. The number of rotatable bonds is 3. The summed E-state index contributed by atoms with van der Waals surface area (Å²) in [5.41, 5.74) is 2.60.